The van der Waals surface area contributed by atoms with E-state index in [2.05, 4.69) is 15.9 Å². The number of halogens is 1. The molecule has 0 heterocycles. The van der Waals surface area contributed by atoms with Gasteiger partial charge in [0.2, 0.25) is 10.0 Å². The first kappa shape index (κ1) is 15.9. The third-order valence-electron chi connectivity index (χ3n) is 2.19. The molecule has 0 spiro atoms. The minimum absolute atomic E-state index is 0.0674. The number of carbonyl (C=O) groups is 1. The van der Waals surface area contributed by atoms with E-state index in [1.165, 1.54) is 19.2 Å². The van der Waals surface area contributed by atoms with Gasteiger partial charge in [-0.05, 0) is 18.2 Å². The Labute approximate surface area is 118 Å². The van der Waals surface area contributed by atoms with Gasteiger partial charge in [0, 0.05) is 4.47 Å². The van der Waals surface area contributed by atoms with Crippen molar-refractivity contribution in [3.05, 3.63) is 22.7 Å². The first-order valence-corrected chi connectivity index (χ1v) is 7.29. The van der Waals surface area contributed by atoms with Gasteiger partial charge in [-0.2, -0.15) is 4.72 Å². The molecule has 0 fully saturated rings. The zero-order valence-electron chi connectivity index (χ0n) is 9.83. The fourth-order valence-electron chi connectivity index (χ4n) is 1.28. The predicted octanol–water partition coefficient (Wildman–Crippen LogP) is 0.182. The summed E-state index contributed by atoms with van der Waals surface area (Å²) in [5.41, 5.74) is 0. The van der Waals surface area contributed by atoms with Crippen molar-refractivity contribution >= 4 is 31.9 Å². The van der Waals surface area contributed by atoms with Crippen LogP contribution in [0, 0.1) is 0 Å². The van der Waals surface area contributed by atoms with E-state index in [1.807, 2.05) is 4.72 Å². The fourth-order valence-corrected chi connectivity index (χ4v) is 3.16. The number of carboxylic acid groups (broad SMARTS) is 1. The Hall–Kier alpha value is -1.16. The smallest absolute Gasteiger partial charge is 0.324 e. The van der Waals surface area contributed by atoms with E-state index in [9.17, 15) is 13.2 Å². The number of methoxy groups -OCH3 is 1. The summed E-state index contributed by atoms with van der Waals surface area (Å²) in [6.45, 7) is -0.856. The SMILES string of the molecule is COc1ccc(Br)cc1S(=O)(=O)N[C@@H](CO)C(=O)O. The van der Waals surface area contributed by atoms with Gasteiger partial charge in [0.1, 0.15) is 16.7 Å². The number of hydrogen-bond acceptors (Lipinski definition) is 5. The highest BCUT2D eigenvalue weighted by Gasteiger charge is 2.27. The third kappa shape index (κ3) is 3.90. The highest BCUT2D eigenvalue weighted by molar-refractivity contribution is 9.10. The van der Waals surface area contributed by atoms with Crippen LogP contribution in [-0.2, 0) is 14.8 Å². The Morgan fingerprint density at radius 3 is 2.63 bits per heavy atom. The lowest BCUT2D eigenvalue weighted by molar-refractivity contribution is -0.139. The molecule has 0 unspecified atom stereocenters. The lowest BCUT2D eigenvalue weighted by Crippen LogP contribution is -2.43. The van der Waals surface area contributed by atoms with Gasteiger partial charge in [-0.25, -0.2) is 8.42 Å². The van der Waals surface area contributed by atoms with Gasteiger partial charge in [-0.1, -0.05) is 15.9 Å². The van der Waals surface area contributed by atoms with Crippen molar-refractivity contribution in [3.8, 4) is 5.75 Å². The molecule has 1 aromatic carbocycles. The Balaban J connectivity index is 3.20. The van der Waals surface area contributed by atoms with Gasteiger partial charge in [0.25, 0.3) is 0 Å². The maximum absolute atomic E-state index is 12.1. The van der Waals surface area contributed by atoms with Crippen LogP contribution in [0.1, 0.15) is 0 Å². The van der Waals surface area contributed by atoms with E-state index < -0.39 is 28.6 Å². The van der Waals surface area contributed by atoms with Gasteiger partial charge >= 0.3 is 5.97 Å². The Morgan fingerprint density at radius 1 is 1.53 bits per heavy atom. The van der Waals surface area contributed by atoms with Gasteiger partial charge in [-0.3, -0.25) is 4.79 Å². The van der Waals surface area contributed by atoms with Crippen molar-refractivity contribution < 1.29 is 28.2 Å². The van der Waals surface area contributed by atoms with Crippen LogP contribution in [0.25, 0.3) is 0 Å². The maximum atomic E-state index is 12.1. The molecule has 1 aromatic rings. The Morgan fingerprint density at radius 2 is 2.16 bits per heavy atom. The van der Waals surface area contributed by atoms with Crippen molar-refractivity contribution in [1.82, 2.24) is 4.72 Å². The van der Waals surface area contributed by atoms with Crippen LogP contribution in [0.3, 0.4) is 0 Å². The summed E-state index contributed by atoms with van der Waals surface area (Å²) >= 11 is 3.12. The topological polar surface area (TPSA) is 113 Å². The van der Waals surface area contributed by atoms with Crippen molar-refractivity contribution in [2.24, 2.45) is 0 Å². The standard InChI is InChI=1S/C10H12BrNO6S/c1-18-8-3-2-6(11)4-9(8)19(16,17)12-7(5-13)10(14)15/h2-4,7,12-13H,5H2,1H3,(H,14,15)/t7-/m0/s1. The van der Waals surface area contributed by atoms with Crippen molar-refractivity contribution in [2.75, 3.05) is 13.7 Å². The minimum atomic E-state index is -4.13. The van der Waals surface area contributed by atoms with Crippen molar-refractivity contribution in [3.63, 3.8) is 0 Å². The second kappa shape index (κ2) is 6.33. The van der Waals surface area contributed by atoms with E-state index in [-0.39, 0.29) is 10.6 Å². The monoisotopic (exact) mass is 353 g/mol. The van der Waals surface area contributed by atoms with Gasteiger partial charge in [0.05, 0.1) is 13.7 Å². The molecule has 1 rings (SSSR count). The summed E-state index contributed by atoms with van der Waals surface area (Å²) in [5, 5.41) is 17.6. The Bertz CT molecular complexity index is 573. The van der Waals surface area contributed by atoms with Crippen LogP contribution in [0.4, 0.5) is 0 Å². The van der Waals surface area contributed by atoms with Crippen LogP contribution >= 0.6 is 15.9 Å². The summed E-state index contributed by atoms with van der Waals surface area (Å²) in [5.74, 6) is -1.40. The molecule has 0 radical (unpaired) electrons. The molecule has 0 aliphatic carbocycles. The van der Waals surface area contributed by atoms with Gasteiger partial charge < -0.3 is 14.9 Å². The molecule has 0 bridgehead atoms. The zero-order valence-corrected chi connectivity index (χ0v) is 12.2. The number of aliphatic hydroxyl groups is 1. The largest absolute Gasteiger partial charge is 0.495 e. The molecule has 0 aromatic heterocycles. The molecule has 0 saturated carbocycles. The first-order valence-electron chi connectivity index (χ1n) is 5.01. The molecule has 3 N–H and O–H groups in total. The molecule has 19 heavy (non-hydrogen) atoms. The van der Waals surface area contributed by atoms with Crippen LogP contribution in [0.15, 0.2) is 27.6 Å². The van der Waals surface area contributed by atoms with Crippen molar-refractivity contribution in [2.45, 2.75) is 10.9 Å². The highest BCUT2D eigenvalue weighted by atomic mass is 79.9. The van der Waals surface area contributed by atoms with E-state index in [0.29, 0.717) is 4.47 Å². The number of sulfonamides is 1. The summed E-state index contributed by atoms with van der Waals surface area (Å²) in [4.78, 5) is 10.5. The number of benzene rings is 1. The minimum Gasteiger partial charge on any atom is -0.495 e. The normalized spacial score (nSPS) is 13.0. The maximum Gasteiger partial charge on any atom is 0.324 e. The molecule has 1 atom stereocenters. The number of ether oxygens (including phenoxy) is 1. The number of rotatable bonds is 6. The van der Waals surface area contributed by atoms with E-state index in [1.54, 1.807) is 6.07 Å². The molecule has 0 aliphatic heterocycles. The molecular weight excluding hydrogens is 342 g/mol. The van der Waals surface area contributed by atoms with Crippen LogP contribution < -0.4 is 9.46 Å². The molecular formula is C10H12BrNO6S. The molecule has 0 saturated heterocycles. The summed E-state index contributed by atoms with van der Waals surface area (Å²) in [6, 6.07) is 2.66. The average Bonchev–Trinajstić information content (AvgIpc) is 2.35. The van der Waals surface area contributed by atoms with Crippen molar-refractivity contribution in [1.29, 1.82) is 0 Å². The molecule has 9 heteroatoms. The summed E-state index contributed by atoms with van der Waals surface area (Å²) in [7, 11) is -2.83. The van der Waals surface area contributed by atoms with E-state index in [0.717, 1.165) is 0 Å². The van der Waals surface area contributed by atoms with Crippen LogP contribution in [0.2, 0.25) is 0 Å². The summed E-state index contributed by atoms with van der Waals surface area (Å²) < 4.78 is 31.4. The van der Waals surface area contributed by atoms with E-state index in [4.69, 9.17) is 14.9 Å². The number of aliphatic carboxylic acids is 1. The quantitative estimate of drug-likeness (QED) is 0.672. The zero-order chi connectivity index (χ0) is 14.6. The number of nitrogens with one attached hydrogen (secondary N) is 1. The molecule has 0 aliphatic rings. The predicted molar refractivity (Wildman–Crippen MR) is 69.5 cm³/mol. The third-order valence-corrected chi connectivity index (χ3v) is 4.18. The van der Waals surface area contributed by atoms with Crippen LogP contribution in [0.5, 0.6) is 5.75 Å². The van der Waals surface area contributed by atoms with Crippen LogP contribution in [-0.4, -0.2) is 44.4 Å². The number of carboxylic acids is 1. The molecule has 7 nitrogen and oxygen atoms in total. The first-order chi connectivity index (χ1) is 8.81. The second-order valence-electron chi connectivity index (χ2n) is 3.49. The molecule has 106 valence electrons. The lowest BCUT2D eigenvalue weighted by atomic mass is 10.3. The summed E-state index contributed by atoms with van der Waals surface area (Å²) in [6.07, 6.45) is 0. The van der Waals surface area contributed by atoms with E-state index >= 15 is 0 Å². The van der Waals surface area contributed by atoms with Gasteiger partial charge in [0.15, 0.2) is 0 Å². The number of hydrogen-bond donors (Lipinski definition) is 3. The average molecular weight is 354 g/mol. The Kier molecular flexibility index (Phi) is 5.29. The molecule has 0 amide bonds. The van der Waals surface area contributed by atoms with Gasteiger partial charge in [-0.15, -0.1) is 0 Å². The fraction of sp³-hybridized carbons (Fsp3) is 0.300. The highest BCUT2D eigenvalue weighted by Crippen LogP contribution is 2.27. The second-order valence-corrected chi connectivity index (χ2v) is 6.09. The number of aliphatic hydroxyl groups excluding tert-OH is 1. The lowest BCUT2D eigenvalue weighted by Gasteiger charge is -2.14.